The molecule has 0 bridgehead atoms. The Morgan fingerprint density at radius 2 is 1.77 bits per heavy atom. The number of carbonyl (C=O) groups is 1. The minimum Gasteiger partial charge on any atom is -0.493 e. The Morgan fingerprint density at radius 1 is 1.10 bits per heavy atom. The Hall–Kier alpha value is -3.09. The summed E-state index contributed by atoms with van der Waals surface area (Å²) in [5.41, 5.74) is 1.16. The number of hydrogen-bond donors (Lipinski definition) is 2. The van der Waals surface area contributed by atoms with Crippen LogP contribution in [0.1, 0.15) is 49.2 Å². The van der Waals surface area contributed by atoms with Crippen molar-refractivity contribution in [1.29, 1.82) is 5.26 Å². The molecule has 0 fully saturated rings. The Kier molecular flexibility index (Phi) is 8.42. The molecule has 1 atom stereocenters. The number of hydrogen-bond acceptors (Lipinski definition) is 6. The summed E-state index contributed by atoms with van der Waals surface area (Å²) in [6, 6.07) is 12.6. The molecule has 0 saturated carbocycles. The van der Waals surface area contributed by atoms with Crippen molar-refractivity contribution in [3.63, 3.8) is 0 Å². The van der Waals surface area contributed by atoms with Crippen LogP contribution in [-0.2, 0) is 10.0 Å². The van der Waals surface area contributed by atoms with Gasteiger partial charge in [-0.1, -0.05) is 6.07 Å². The van der Waals surface area contributed by atoms with Crippen LogP contribution in [0.15, 0.2) is 47.4 Å². The van der Waals surface area contributed by atoms with E-state index in [0.29, 0.717) is 17.1 Å². The highest BCUT2D eigenvalue weighted by molar-refractivity contribution is 7.89. The normalized spacial score (nSPS) is 12.1. The van der Waals surface area contributed by atoms with Crippen molar-refractivity contribution in [3.05, 3.63) is 53.6 Å². The first-order valence-electron chi connectivity index (χ1n) is 9.80. The van der Waals surface area contributed by atoms with Gasteiger partial charge >= 0.3 is 0 Å². The lowest BCUT2D eigenvalue weighted by Crippen LogP contribution is -2.27. The third-order valence-electron chi connectivity index (χ3n) is 4.35. The van der Waals surface area contributed by atoms with Crippen molar-refractivity contribution in [1.82, 2.24) is 10.0 Å². The number of rotatable bonds is 10. The molecule has 2 rings (SSSR count). The molecule has 8 nitrogen and oxygen atoms in total. The number of sulfonamides is 1. The van der Waals surface area contributed by atoms with Gasteiger partial charge in [0.25, 0.3) is 5.91 Å². The minimum atomic E-state index is -3.72. The zero-order chi connectivity index (χ0) is 23.0. The van der Waals surface area contributed by atoms with E-state index in [9.17, 15) is 13.2 Å². The Labute approximate surface area is 183 Å². The second-order valence-electron chi connectivity index (χ2n) is 7.10. The molecule has 2 N–H and O–H groups in total. The molecule has 0 aromatic heterocycles. The number of ether oxygens (including phenoxy) is 2. The van der Waals surface area contributed by atoms with E-state index < -0.39 is 10.0 Å². The van der Waals surface area contributed by atoms with E-state index in [-0.39, 0.29) is 35.9 Å². The molecule has 31 heavy (non-hydrogen) atoms. The summed E-state index contributed by atoms with van der Waals surface area (Å²) in [7, 11) is -2.16. The predicted octanol–water partition coefficient (Wildman–Crippen LogP) is 3.17. The van der Waals surface area contributed by atoms with E-state index in [4.69, 9.17) is 14.7 Å². The summed E-state index contributed by atoms with van der Waals surface area (Å²) >= 11 is 0. The van der Waals surface area contributed by atoms with E-state index in [1.165, 1.54) is 24.3 Å². The highest BCUT2D eigenvalue weighted by Gasteiger charge is 2.17. The van der Waals surface area contributed by atoms with Gasteiger partial charge < -0.3 is 14.8 Å². The van der Waals surface area contributed by atoms with Crippen LogP contribution in [0.25, 0.3) is 0 Å². The first kappa shape index (κ1) is 24.2. The van der Waals surface area contributed by atoms with Crippen LogP contribution in [0.2, 0.25) is 0 Å². The van der Waals surface area contributed by atoms with Crippen LogP contribution in [0.3, 0.4) is 0 Å². The van der Waals surface area contributed by atoms with Crippen molar-refractivity contribution in [2.24, 2.45) is 0 Å². The lowest BCUT2D eigenvalue weighted by atomic mass is 10.1. The van der Waals surface area contributed by atoms with E-state index in [0.717, 1.165) is 5.56 Å². The largest absolute Gasteiger partial charge is 0.493 e. The second-order valence-corrected chi connectivity index (χ2v) is 8.87. The minimum absolute atomic E-state index is 0.00482. The van der Waals surface area contributed by atoms with Crippen molar-refractivity contribution < 1.29 is 22.7 Å². The van der Waals surface area contributed by atoms with Gasteiger partial charge in [-0.05, 0) is 62.7 Å². The van der Waals surface area contributed by atoms with E-state index >= 15 is 0 Å². The monoisotopic (exact) mass is 445 g/mol. The number of amides is 1. The van der Waals surface area contributed by atoms with E-state index in [1.54, 1.807) is 13.2 Å². The third-order valence-corrected chi connectivity index (χ3v) is 5.83. The fraction of sp³-hybridized carbons (Fsp3) is 0.364. The SMILES string of the molecule is COc1cc(C(C)NC(=O)c2ccc(S(=O)(=O)NCCC#N)cc2)ccc1OC(C)C. The van der Waals surface area contributed by atoms with Gasteiger partial charge in [0.05, 0.1) is 30.2 Å². The van der Waals surface area contributed by atoms with Gasteiger partial charge in [0.15, 0.2) is 11.5 Å². The van der Waals surface area contributed by atoms with E-state index in [2.05, 4.69) is 10.0 Å². The first-order chi connectivity index (χ1) is 14.7. The zero-order valence-corrected chi connectivity index (χ0v) is 18.8. The molecule has 0 spiro atoms. The third kappa shape index (κ3) is 6.70. The fourth-order valence-electron chi connectivity index (χ4n) is 2.78. The number of benzene rings is 2. The summed E-state index contributed by atoms with van der Waals surface area (Å²) in [6.45, 7) is 5.72. The van der Waals surface area contributed by atoms with Crippen molar-refractivity contribution in [2.75, 3.05) is 13.7 Å². The van der Waals surface area contributed by atoms with Crippen LogP contribution < -0.4 is 19.5 Å². The molecule has 166 valence electrons. The summed E-state index contributed by atoms with van der Waals surface area (Å²) in [5, 5.41) is 11.4. The second kappa shape index (κ2) is 10.8. The van der Waals surface area contributed by atoms with E-state index in [1.807, 2.05) is 39.0 Å². The molecule has 0 radical (unpaired) electrons. The van der Waals surface area contributed by atoms with Crippen molar-refractivity contribution in [2.45, 2.75) is 44.2 Å². The summed E-state index contributed by atoms with van der Waals surface area (Å²) < 4.78 is 37.8. The smallest absolute Gasteiger partial charge is 0.251 e. The van der Waals surface area contributed by atoms with Crippen LogP contribution in [0, 0.1) is 11.3 Å². The maximum atomic E-state index is 12.6. The van der Waals surface area contributed by atoms with Crippen molar-refractivity contribution >= 4 is 15.9 Å². The summed E-state index contributed by atoms with van der Waals surface area (Å²) in [4.78, 5) is 12.6. The standard InChI is InChI=1S/C22H27N3O5S/c1-15(2)30-20-11-8-18(14-21(20)29-4)16(3)25-22(26)17-6-9-19(10-7-17)31(27,28)24-13-5-12-23/h6-11,14-16,24H,5,13H2,1-4H3,(H,25,26). The topological polar surface area (TPSA) is 118 Å². The maximum Gasteiger partial charge on any atom is 0.251 e. The molecule has 1 unspecified atom stereocenters. The average molecular weight is 446 g/mol. The highest BCUT2D eigenvalue weighted by Crippen LogP contribution is 2.31. The van der Waals surface area contributed by atoms with Crippen LogP contribution >= 0.6 is 0 Å². The first-order valence-corrected chi connectivity index (χ1v) is 11.3. The molecule has 2 aromatic rings. The Bertz CT molecular complexity index is 1040. The molecule has 0 saturated heterocycles. The maximum absolute atomic E-state index is 12.6. The Morgan fingerprint density at radius 3 is 2.35 bits per heavy atom. The number of nitrogens with zero attached hydrogens (tertiary/aromatic N) is 1. The molecular formula is C22H27N3O5S. The lowest BCUT2D eigenvalue weighted by molar-refractivity contribution is 0.0939. The average Bonchev–Trinajstić information content (AvgIpc) is 2.73. The lowest BCUT2D eigenvalue weighted by Gasteiger charge is -2.18. The van der Waals surface area contributed by atoms with Gasteiger partial charge in [-0.25, -0.2) is 13.1 Å². The highest BCUT2D eigenvalue weighted by atomic mass is 32.2. The van der Waals surface area contributed by atoms with Crippen LogP contribution in [0.4, 0.5) is 0 Å². The van der Waals surface area contributed by atoms with Gasteiger partial charge in [-0.3, -0.25) is 4.79 Å². The summed E-state index contributed by atoms with van der Waals surface area (Å²) in [5.74, 6) is 0.862. The fourth-order valence-corrected chi connectivity index (χ4v) is 3.81. The van der Waals surface area contributed by atoms with Gasteiger partial charge in [0.2, 0.25) is 10.0 Å². The molecule has 0 heterocycles. The molecule has 0 aliphatic rings. The number of methoxy groups -OCH3 is 1. The number of carbonyl (C=O) groups excluding carboxylic acids is 1. The van der Waals surface area contributed by atoms with Gasteiger partial charge in [-0.15, -0.1) is 0 Å². The molecular weight excluding hydrogens is 418 g/mol. The van der Waals surface area contributed by atoms with Gasteiger partial charge in [0, 0.05) is 18.5 Å². The molecule has 2 aromatic carbocycles. The van der Waals surface area contributed by atoms with Gasteiger partial charge in [0.1, 0.15) is 0 Å². The molecule has 0 aliphatic carbocycles. The van der Waals surface area contributed by atoms with Crippen LogP contribution in [0.5, 0.6) is 11.5 Å². The molecule has 9 heteroatoms. The Balaban J connectivity index is 2.08. The zero-order valence-electron chi connectivity index (χ0n) is 18.0. The predicted molar refractivity (Wildman–Crippen MR) is 116 cm³/mol. The van der Waals surface area contributed by atoms with Crippen molar-refractivity contribution in [3.8, 4) is 17.6 Å². The quantitative estimate of drug-likeness (QED) is 0.543. The molecule has 0 aliphatic heterocycles. The van der Waals surface area contributed by atoms with Crippen LogP contribution in [-0.4, -0.2) is 34.1 Å². The molecule has 1 amide bonds. The number of nitrogens with one attached hydrogen (secondary N) is 2. The van der Waals surface area contributed by atoms with Gasteiger partial charge in [-0.2, -0.15) is 5.26 Å². The summed E-state index contributed by atoms with van der Waals surface area (Å²) in [6.07, 6.45) is 0.0812. The number of nitriles is 1.